The molecule has 0 bridgehead atoms. The second-order valence-corrected chi connectivity index (χ2v) is 5.32. The van der Waals surface area contributed by atoms with E-state index in [0.29, 0.717) is 18.4 Å². The van der Waals surface area contributed by atoms with E-state index in [0.717, 1.165) is 19.3 Å². The lowest BCUT2D eigenvalue weighted by atomic mass is 9.79. The third kappa shape index (κ3) is 3.07. The zero-order valence-electron chi connectivity index (χ0n) is 11.2. The van der Waals surface area contributed by atoms with Crippen molar-refractivity contribution in [3.8, 4) is 5.75 Å². The maximum Gasteiger partial charge on any atom is 0.168 e. The van der Waals surface area contributed by atoms with Crippen molar-refractivity contribution in [2.24, 2.45) is 0 Å². The van der Waals surface area contributed by atoms with E-state index < -0.39 is 17.5 Å². The molecular formula is C15H21FO3. The van der Waals surface area contributed by atoms with Crippen LogP contribution < -0.4 is 4.74 Å². The summed E-state index contributed by atoms with van der Waals surface area (Å²) in [6.07, 6.45) is 3.25. The predicted molar refractivity (Wildman–Crippen MR) is 70.7 cm³/mol. The molecule has 0 aromatic heterocycles. The van der Waals surface area contributed by atoms with Gasteiger partial charge in [0, 0.05) is 6.42 Å². The summed E-state index contributed by atoms with van der Waals surface area (Å²) in [7, 11) is 1.41. The highest BCUT2D eigenvalue weighted by atomic mass is 19.1. The zero-order chi connectivity index (χ0) is 13.9. The molecule has 2 rings (SSSR count). The Labute approximate surface area is 113 Å². The molecule has 1 unspecified atom stereocenters. The lowest BCUT2D eigenvalue weighted by Crippen LogP contribution is -2.45. The fourth-order valence-corrected chi connectivity index (χ4v) is 2.77. The average molecular weight is 268 g/mol. The molecule has 1 aliphatic carbocycles. The van der Waals surface area contributed by atoms with Gasteiger partial charge in [-0.25, -0.2) is 4.39 Å². The fourth-order valence-electron chi connectivity index (χ4n) is 2.77. The summed E-state index contributed by atoms with van der Waals surface area (Å²) in [6.45, 7) is 0. The first-order chi connectivity index (χ1) is 9.07. The van der Waals surface area contributed by atoms with Gasteiger partial charge in [-0.15, -0.1) is 0 Å². The van der Waals surface area contributed by atoms with Crippen molar-refractivity contribution >= 4 is 0 Å². The van der Waals surface area contributed by atoms with Gasteiger partial charge in [-0.3, -0.25) is 0 Å². The highest BCUT2D eigenvalue weighted by molar-refractivity contribution is 5.31. The molecule has 2 N–H and O–H groups in total. The third-order valence-electron chi connectivity index (χ3n) is 4.02. The number of methoxy groups -OCH3 is 1. The van der Waals surface area contributed by atoms with Crippen molar-refractivity contribution in [1.29, 1.82) is 0 Å². The Morgan fingerprint density at radius 2 is 2.00 bits per heavy atom. The highest BCUT2D eigenvalue weighted by Crippen LogP contribution is 2.33. The van der Waals surface area contributed by atoms with Gasteiger partial charge in [0.1, 0.15) is 0 Å². The number of aliphatic hydroxyl groups excluding tert-OH is 1. The van der Waals surface area contributed by atoms with Crippen molar-refractivity contribution in [2.45, 2.75) is 50.2 Å². The first-order valence-corrected chi connectivity index (χ1v) is 6.78. The quantitative estimate of drug-likeness (QED) is 0.881. The maximum absolute atomic E-state index is 14.0. The molecule has 0 aliphatic heterocycles. The molecule has 1 aromatic carbocycles. The van der Waals surface area contributed by atoms with Crippen LogP contribution in [0.15, 0.2) is 18.2 Å². The minimum atomic E-state index is -1.08. The standard InChI is InChI=1S/C15H21FO3/c1-19-12-7-5-6-11(14(12)16)10-13(17)15(18)8-3-2-4-9-15/h5-7,13,17-18H,2-4,8-10H2,1H3. The predicted octanol–water partition coefficient (Wildman–Crippen LogP) is 2.43. The highest BCUT2D eigenvalue weighted by Gasteiger charge is 2.37. The van der Waals surface area contributed by atoms with Gasteiger partial charge in [0.2, 0.25) is 0 Å². The summed E-state index contributed by atoms with van der Waals surface area (Å²) >= 11 is 0. The van der Waals surface area contributed by atoms with Gasteiger partial charge < -0.3 is 14.9 Å². The molecule has 0 spiro atoms. The number of hydrogen-bond donors (Lipinski definition) is 2. The molecule has 19 heavy (non-hydrogen) atoms. The van der Waals surface area contributed by atoms with Crippen LogP contribution in [-0.2, 0) is 6.42 Å². The second-order valence-electron chi connectivity index (χ2n) is 5.32. The van der Waals surface area contributed by atoms with Crippen molar-refractivity contribution in [3.05, 3.63) is 29.6 Å². The first kappa shape index (κ1) is 14.3. The Hall–Kier alpha value is -1.13. The van der Waals surface area contributed by atoms with Crippen LogP contribution in [0.4, 0.5) is 4.39 Å². The molecular weight excluding hydrogens is 247 g/mol. The number of halogens is 1. The maximum atomic E-state index is 14.0. The molecule has 0 saturated heterocycles. The number of rotatable bonds is 4. The lowest BCUT2D eigenvalue weighted by Gasteiger charge is -2.36. The number of hydrogen-bond acceptors (Lipinski definition) is 3. The minimum absolute atomic E-state index is 0.111. The molecule has 0 amide bonds. The summed E-state index contributed by atoms with van der Waals surface area (Å²) in [5, 5.41) is 20.6. The first-order valence-electron chi connectivity index (χ1n) is 6.78. The molecule has 1 fully saturated rings. The van der Waals surface area contributed by atoms with Crippen molar-refractivity contribution in [2.75, 3.05) is 7.11 Å². The molecule has 4 heteroatoms. The molecule has 1 aliphatic rings. The third-order valence-corrected chi connectivity index (χ3v) is 4.02. The van der Waals surface area contributed by atoms with E-state index in [4.69, 9.17) is 4.74 Å². The van der Waals surface area contributed by atoms with Gasteiger partial charge >= 0.3 is 0 Å². The van der Waals surface area contributed by atoms with E-state index in [9.17, 15) is 14.6 Å². The number of benzene rings is 1. The zero-order valence-corrected chi connectivity index (χ0v) is 11.2. The monoisotopic (exact) mass is 268 g/mol. The largest absolute Gasteiger partial charge is 0.494 e. The topological polar surface area (TPSA) is 49.7 Å². The number of aliphatic hydroxyl groups is 2. The van der Waals surface area contributed by atoms with E-state index in [2.05, 4.69) is 0 Å². The molecule has 1 atom stereocenters. The molecule has 106 valence electrons. The van der Waals surface area contributed by atoms with Crippen LogP contribution in [0, 0.1) is 5.82 Å². The van der Waals surface area contributed by atoms with E-state index in [-0.39, 0.29) is 12.2 Å². The summed E-state index contributed by atoms with van der Waals surface area (Å²) in [6, 6.07) is 4.85. The number of ether oxygens (including phenoxy) is 1. The summed E-state index contributed by atoms with van der Waals surface area (Å²) in [5.41, 5.74) is -0.695. The fraction of sp³-hybridized carbons (Fsp3) is 0.600. The Balaban J connectivity index is 2.12. The average Bonchev–Trinajstić information content (AvgIpc) is 2.42. The molecule has 1 saturated carbocycles. The van der Waals surface area contributed by atoms with E-state index in [1.807, 2.05) is 0 Å². The van der Waals surface area contributed by atoms with Crippen molar-refractivity contribution in [3.63, 3.8) is 0 Å². The van der Waals surface area contributed by atoms with Crippen LogP contribution >= 0.6 is 0 Å². The molecule has 0 heterocycles. The summed E-state index contributed by atoms with van der Waals surface area (Å²) < 4.78 is 18.9. The lowest BCUT2D eigenvalue weighted by molar-refractivity contribution is -0.0963. The normalized spacial score (nSPS) is 20.0. The van der Waals surface area contributed by atoms with Crippen LogP contribution in [0.25, 0.3) is 0 Å². The van der Waals surface area contributed by atoms with E-state index >= 15 is 0 Å². The van der Waals surface area contributed by atoms with Crippen molar-refractivity contribution < 1.29 is 19.3 Å². The SMILES string of the molecule is COc1cccc(CC(O)C2(O)CCCCC2)c1F. The van der Waals surface area contributed by atoms with Gasteiger partial charge in [0.15, 0.2) is 11.6 Å². The summed E-state index contributed by atoms with van der Waals surface area (Å²) in [5.74, 6) is -0.288. The minimum Gasteiger partial charge on any atom is -0.494 e. The van der Waals surface area contributed by atoms with Crippen LogP contribution in [-0.4, -0.2) is 29.0 Å². The van der Waals surface area contributed by atoms with Gasteiger partial charge in [0.05, 0.1) is 18.8 Å². The van der Waals surface area contributed by atoms with Gasteiger partial charge in [-0.05, 0) is 24.5 Å². The van der Waals surface area contributed by atoms with Gasteiger partial charge in [0.25, 0.3) is 0 Å². The van der Waals surface area contributed by atoms with Crippen LogP contribution in [0.1, 0.15) is 37.7 Å². The Bertz CT molecular complexity index is 427. The molecule has 1 aromatic rings. The Morgan fingerprint density at radius 1 is 1.32 bits per heavy atom. The molecule has 3 nitrogen and oxygen atoms in total. The Morgan fingerprint density at radius 3 is 2.63 bits per heavy atom. The summed E-state index contributed by atoms with van der Waals surface area (Å²) in [4.78, 5) is 0. The van der Waals surface area contributed by atoms with E-state index in [1.54, 1.807) is 18.2 Å². The van der Waals surface area contributed by atoms with Crippen LogP contribution in [0.5, 0.6) is 5.75 Å². The van der Waals surface area contributed by atoms with Crippen LogP contribution in [0.3, 0.4) is 0 Å². The Kier molecular flexibility index (Phi) is 4.42. The molecule has 0 radical (unpaired) electrons. The second kappa shape index (κ2) is 5.88. The van der Waals surface area contributed by atoms with Gasteiger partial charge in [-0.1, -0.05) is 31.4 Å². The smallest absolute Gasteiger partial charge is 0.168 e. The van der Waals surface area contributed by atoms with Gasteiger partial charge in [-0.2, -0.15) is 0 Å². The van der Waals surface area contributed by atoms with Crippen LogP contribution in [0.2, 0.25) is 0 Å². The van der Waals surface area contributed by atoms with Crippen molar-refractivity contribution in [1.82, 2.24) is 0 Å². The van der Waals surface area contributed by atoms with E-state index in [1.165, 1.54) is 7.11 Å².